The van der Waals surface area contributed by atoms with Crippen LogP contribution < -0.4 is 4.74 Å². The van der Waals surface area contributed by atoms with Crippen molar-refractivity contribution in [2.75, 3.05) is 19.8 Å². The van der Waals surface area contributed by atoms with E-state index in [9.17, 15) is 4.79 Å². The average Bonchev–Trinajstić information content (AvgIpc) is 2.24. The summed E-state index contributed by atoms with van der Waals surface area (Å²) in [5.41, 5.74) is 1.71. The molecule has 1 rings (SSSR count). The molecule has 0 saturated heterocycles. The molecule has 3 heteroatoms. The Kier molecular flexibility index (Phi) is 4.99. The zero-order valence-corrected chi connectivity index (χ0v) is 10.1. The highest BCUT2D eigenvalue weighted by atomic mass is 16.5. The van der Waals surface area contributed by atoms with Gasteiger partial charge in [0, 0.05) is 6.61 Å². The van der Waals surface area contributed by atoms with Gasteiger partial charge in [0.25, 0.3) is 0 Å². The number of benzene rings is 1. The van der Waals surface area contributed by atoms with Gasteiger partial charge in [0.15, 0.2) is 5.78 Å². The molecule has 1 aromatic rings. The lowest BCUT2D eigenvalue weighted by Gasteiger charge is -2.10. The molecule has 0 fully saturated rings. The molecular weight excluding hydrogens is 204 g/mol. The monoisotopic (exact) mass is 222 g/mol. The summed E-state index contributed by atoms with van der Waals surface area (Å²) < 4.78 is 10.7. The van der Waals surface area contributed by atoms with E-state index in [4.69, 9.17) is 9.47 Å². The van der Waals surface area contributed by atoms with Gasteiger partial charge in [-0.1, -0.05) is 6.07 Å². The van der Waals surface area contributed by atoms with Crippen LogP contribution in [0.25, 0.3) is 0 Å². The van der Waals surface area contributed by atoms with Gasteiger partial charge in [-0.25, -0.2) is 0 Å². The van der Waals surface area contributed by atoms with Crippen LogP contribution in [-0.4, -0.2) is 25.6 Å². The molecule has 0 spiro atoms. The predicted molar refractivity (Wildman–Crippen MR) is 63.2 cm³/mol. The summed E-state index contributed by atoms with van der Waals surface area (Å²) in [6.07, 6.45) is 0. The van der Waals surface area contributed by atoms with Crippen molar-refractivity contribution >= 4 is 5.78 Å². The van der Waals surface area contributed by atoms with Gasteiger partial charge in [-0.05, 0) is 38.5 Å². The molecule has 0 amide bonds. The number of carbonyl (C=O) groups excluding carboxylic acids is 1. The Morgan fingerprint density at radius 1 is 1.31 bits per heavy atom. The molecule has 0 heterocycles. The van der Waals surface area contributed by atoms with E-state index >= 15 is 0 Å². The van der Waals surface area contributed by atoms with Crippen LogP contribution in [0.3, 0.4) is 0 Å². The minimum absolute atomic E-state index is 0.0198. The van der Waals surface area contributed by atoms with Crippen molar-refractivity contribution in [1.29, 1.82) is 0 Å². The zero-order chi connectivity index (χ0) is 12.0. The standard InChI is InChI=1S/C13H18O3/c1-4-15-7-8-16-13-9-10(2)5-6-12(13)11(3)14/h5-6,9H,4,7-8H2,1-3H3. The quantitative estimate of drug-likeness (QED) is 0.548. The van der Waals surface area contributed by atoms with Crippen LogP contribution in [-0.2, 0) is 4.74 Å². The second-order valence-corrected chi connectivity index (χ2v) is 3.60. The van der Waals surface area contributed by atoms with E-state index in [2.05, 4.69) is 0 Å². The smallest absolute Gasteiger partial charge is 0.163 e. The number of rotatable bonds is 6. The van der Waals surface area contributed by atoms with Gasteiger partial charge < -0.3 is 9.47 Å². The molecule has 88 valence electrons. The third-order valence-electron chi connectivity index (χ3n) is 2.21. The largest absolute Gasteiger partial charge is 0.490 e. The maximum atomic E-state index is 11.4. The number of carbonyl (C=O) groups is 1. The van der Waals surface area contributed by atoms with Crippen LogP contribution in [0.4, 0.5) is 0 Å². The van der Waals surface area contributed by atoms with E-state index in [-0.39, 0.29) is 5.78 Å². The fraction of sp³-hybridized carbons (Fsp3) is 0.462. The fourth-order valence-corrected chi connectivity index (χ4v) is 1.39. The Labute approximate surface area is 96.4 Å². The first-order chi connectivity index (χ1) is 7.65. The first kappa shape index (κ1) is 12.7. The van der Waals surface area contributed by atoms with E-state index < -0.39 is 0 Å². The van der Waals surface area contributed by atoms with Gasteiger partial charge in [-0.15, -0.1) is 0 Å². The topological polar surface area (TPSA) is 35.5 Å². The highest BCUT2D eigenvalue weighted by Gasteiger charge is 2.08. The molecule has 0 atom stereocenters. The van der Waals surface area contributed by atoms with E-state index in [1.807, 2.05) is 26.0 Å². The maximum Gasteiger partial charge on any atom is 0.163 e. The van der Waals surface area contributed by atoms with Crippen molar-refractivity contribution in [2.45, 2.75) is 20.8 Å². The molecule has 0 aliphatic rings. The Hall–Kier alpha value is -1.35. The Balaban J connectivity index is 2.68. The molecule has 0 aromatic heterocycles. The minimum atomic E-state index is 0.0198. The molecule has 3 nitrogen and oxygen atoms in total. The van der Waals surface area contributed by atoms with Gasteiger partial charge >= 0.3 is 0 Å². The fourth-order valence-electron chi connectivity index (χ4n) is 1.39. The number of ketones is 1. The number of aryl methyl sites for hydroxylation is 1. The summed E-state index contributed by atoms with van der Waals surface area (Å²) in [7, 11) is 0. The lowest BCUT2D eigenvalue weighted by Crippen LogP contribution is -2.08. The molecule has 1 aromatic carbocycles. The average molecular weight is 222 g/mol. The predicted octanol–water partition coefficient (Wildman–Crippen LogP) is 2.61. The number of Topliss-reactive ketones (excluding diaryl/α,β-unsaturated/α-hetero) is 1. The second-order valence-electron chi connectivity index (χ2n) is 3.60. The normalized spacial score (nSPS) is 10.2. The summed E-state index contributed by atoms with van der Waals surface area (Å²) in [5, 5.41) is 0. The van der Waals surface area contributed by atoms with E-state index in [0.29, 0.717) is 31.1 Å². The van der Waals surface area contributed by atoms with Gasteiger partial charge in [-0.3, -0.25) is 4.79 Å². The summed E-state index contributed by atoms with van der Waals surface area (Å²) >= 11 is 0. The summed E-state index contributed by atoms with van der Waals surface area (Å²) in [4.78, 5) is 11.4. The lowest BCUT2D eigenvalue weighted by atomic mass is 10.1. The second kappa shape index (κ2) is 6.28. The van der Waals surface area contributed by atoms with E-state index in [0.717, 1.165) is 5.56 Å². The van der Waals surface area contributed by atoms with Gasteiger partial charge in [-0.2, -0.15) is 0 Å². The zero-order valence-electron chi connectivity index (χ0n) is 10.1. The van der Waals surface area contributed by atoms with E-state index in [1.54, 1.807) is 13.0 Å². The van der Waals surface area contributed by atoms with Crippen LogP contribution in [0, 0.1) is 6.92 Å². The molecule has 0 aliphatic heterocycles. The molecule has 0 bridgehead atoms. The SMILES string of the molecule is CCOCCOc1cc(C)ccc1C(C)=O. The number of hydrogen-bond donors (Lipinski definition) is 0. The minimum Gasteiger partial charge on any atom is -0.490 e. The lowest BCUT2D eigenvalue weighted by molar-refractivity contribution is 0.0990. The van der Waals surface area contributed by atoms with Crippen molar-refractivity contribution < 1.29 is 14.3 Å². The molecule has 0 saturated carbocycles. The summed E-state index contributed by atoms with van der Waals surface area (Å²) in [5.74, 6) is 0.665. The van der Waals surface area contributed by atoms with Crippen LogP contribution in [0.2, 0.25) is 0 Å². The Morgan fingerprint density at radius 3 is 2.69 bits per heavy atom. The molecule has 0 aliphatic carbocycles. The van der Waals surface area contributed by atoms with Crippen LogP contribution >= 0.6 is 0 Å². The van der Waals surface area contributed by atoms with Crippen molar-refractivity contribution in [3.8, 4) is 5.75 Å². The van der Waals surface area contributed by atoms with Crippen molar-refractivity contribution in [2.24, 2.45) is 0 Å². The first-order valence-corrected chi connectivity index (χ1v) is 5.47. The van der Waals surface area contributed by atoms with Crippen molar-refractivity contribution in [3.63, 3.8) is 0 Å². The third-order valence-corrected chi connectivity index (χ3v) is 2.21. The van der Waals surface area contributed by atoms with Gasteiger partial charge in [0.2, 0.25) is 0 Å². The maximum absolute atomic E-state index is 11.4. The van der Waals surface area contributed by atoms with Crippen LogP contribution in [0.1, 0.15) is 29.8 Å². The van der Waals surface area contributed by atoms with Gasteiger partial charge in [0.1, 0.15) is 12.4 Å². The summed E-state index contributed by atoms with van der Waals surface area (Å²) in [6, 6.07) is 5.59. The highest BCUT2D eigenvalue weighted by molar-refractivity contribution is 5.96. The number of ether oxygens (including phenoxy) is 2. The molecule has 0 N–H and O–H groups in total. The molecular formula is C13H18O3. The third kappa shape index (κ3) is 3.66. The van der Waals surface area contributed by atoms with Crippen LogP contribution in [0.15, 0.2) is 18.2 Å². The van der Waals surface area contributed by atoms with Crippen LogP contribution in [0.5, 0.6) is 5.75 Å². The number of hydrogen-bond acceptors (Lipinski definition) is 3. The Morgan fingerprint density at radius 2 is 2.06 bits per heavy atom. The molecule has 16 heavy (non-hydrogen) atoms. The van der Waals surface area contributed by atoms with Crippen molar-refractivity contribution in [1.82, 2.24) is 0 Å². The highest BCUT2D eigenvalue weighted by Crippen LogP contribution is 2.20. The van der Waals surface area contributed by atoms with Crippen molar-refractivity contribution in [3.05, 3.63) is 29.3 Å². The Bertz CT molecular complexity index is 358. The van der Waals surface area contributed by atoms with E-state index in [1.165, 1.54) is 0 Å². The molecule has 0 unspecified atom stereocenters. The first-order valence-electron chi connectivity index (χ1n) is 5.47. The summed E-state index contributed by atoms with van der Waals surface area (Å²) in [6.45, 7) is 7.14. The molecule has 0 radical (unpaired) electrons. The van der Waals surface area contributed by atoms with Gasteiger partial charge in [0.05, 0.1) is 12.2 Å².